The van der Waals surface area contributed by atoms with Gasteiger partial charge in [0.15, 0.2) is 0 Å². The van der Waals surface area contributed by atoms with Crippen molar-refractivity contribution in [3.05, 3.63) is 35.9 Å². The molecular formula is C25H40N2O2. The molecule has 1 aliphatic heterocycles. The first-order chi connectivity index (χ1) is 13.9. The molecule has 2 saturated carbocycles. The van der Waals surface area contributed by atoms with Gasteiger partial charge < -0.3 is 9.84 Å². The Morgan fingerprint density at radius 3 is 2.38 bits per heavy atom. The molecule has 1 N–H and O–H groups in total. The molecular weight excluding hydrogens is 360 g/mol. The van der Waals surface area contributed by atoms with Crippen LogP contribution in [-0.2, 0) is 11.3 Å². The molecule has 0 spiro atoms. The lowest BCUT2D eigenvalue weighted by Crippen LogP contribution is -2.48. The third kappa shape index (κ3) is 4.41. The standard InChI is InChI=1S/C25H40N2O2/c1-24(2)21-9-11-25(24,3)23(17-21)29-16-10-22(28)19-27-14-12-26(13-15-27)18-20-7-5-4-6-8-20/h4-8,21-23,28H,9-19H2,1-3H3/t21-,22-,23+,25-/m0/s1. The zero-order chi connectivity index (χ0) is 20.5. The minimum absolute atomic E-state index is 0.282. The number of hydrogen-bond donors (Lipinski definition) is 1. The van der Waals surface area contributed by atoms with Gasteiger partial charge in [0.25, 0.3) is 0 Å². The minimum atomic E-state index is -0.282. The Balaban J connectivity index is 1.14. The molecule has 0 radical (unpaired) electrons. The van der Waals surface area contributed by atoms with Gasteiger partial charge in [-0.2, -0.15) is 0 Å². The first-order valence-electron chi connectivity index (χ1n) is 11.7. The smallest absolute Gasteiger partial charge is 0.0689 e. The zero-order valence-electron chi connectivity index (χ0n) is 18.6. The van der Waals surface area contributed by atoms with Crippen LogP contribution >= 0.6 is 0 Å². The van der Waals surface area contributed by atoms with Crippen LogP contribution in [0.25, 0.3) is 0 Å². The molecule has 0 aromatic heterocycles. The second kappa shape index (κ2) is 8.66. The fourth-order valence-corrected chi connectivity index (χ4v) is 6.09. The van der Waals surface area contributed by atoms with E-state index in [1.165, 1.54) is 24.8 Å². The summed E-state index contributed by atoms with van der Waals surface area (Å²) in [5.41, 5.74) is 2.10. The summed E-state index contributed by atoms with van der Waals surface area (Å²) in [6.07, 6.45) is 4.72. The molecule has 1 aromatic carbocycles. The topological polar surface area (TPSA) is 35.9 Å². The van der Waals surface area contributed by atoms with Crippen LogP contribution in [-0.4, -0.2) is 66.4 Å². The third-order valence-electron chi connectivity index (χ3n) is 8.67. The van der Waals surface area contributed by atoms with Crippen molar-refractivity contribution in [2.45, 2.75) is 65.2 Å². The molecule has 3 aliphatic rings. The van der Waals surface area contributed by atoms with E-state index in [9.17, 15) is 5.11 Å². The maximum atomic E-state index is 10.5. The predicted octanol–water partition coefficient (Wildman–Crippen LogP) is 3.79. The maximum Gasteiger partial charge on any atom is 0.0689 e. The van der Waals surface area contributed by atoms with E-state index in [0.717, 1.165) is 51.6 Å². The number of aliphatic hydroxyl groups excluding tert-OH is 1. The Morgan fingerprint density at radius 2 is 1.76 bits per heavy atom. The number of aliphatic hydroxyl groups is 1. The lowest BCUT2D eigenvalue weighted by Gasteiger charge is -2.39. The number of hydrogen-bond acceptors (Lipinski definition) is 4. The van der Waals surface area contributed by atoms with Gasteiger partial charge in [0.05, 0.1) is 12.2 Å². The van der Waals surface area contributed by atoms with Crippen LogP contribution in [0.2, 0.25) is 0 Å². The monoisotopic (exact) mass is 400 g/mol. The summed E-state index contributed by atoms with van der Waals surface area (Å²) >= 11 is 0. The summed E-state index contributed by atoms with van der Waals surface area (Å²) in [6, 6.07) is 10.7. The third-order valence-corrected chi connectivity index (χ3v) is 8.67. The van der Waals surface area contributed by atoms with Gasteiger partial charge in [0.2, 0.25) is 0 Å². The Kier molecular flexibility index (Phi) is 6.36. The number of benzene rings is 1. The molecule has 2 aliphatic carbocycles. The molecule has 0 unspecified atom stereocenters. The molecule has 162 valence electrons. The van der Waals surface area contributed by atoms with Crippen molar-refractivity contribution in [2.24, 2.45) is 16.7 Å². The fraction of sp³-hybridized carbons (Fsp3) is 0.760. The van der Waals surface area contributed by atoms with Crippen molar-refractivity contribution in [3.8, 4) is 0 Å². The van der Waals surface area contributed by atoms with Crippen LogP contribution in [0.15, 0.2) is 30.3 Å². The van der Waals surface area contributed by atoms with Crippen molar-refractivity contribution in [3.63, 3.8) is 0 Å². The first kappa shape index (κ1) is 21.3. The van der Waals surface area contributed by atoms with Gasteiger partial charge in [-0.3, -0.25) is 9.80 Å². The largest absolute Gasteiger partial charge is 0.392 e. The van der Waals surface area contributed by atoms with Crippen molar-refractivity contribution in [1.82, 2.24) is 9.80 Å². The molecule has 3 fully saturated rings. The minimum Gasteiger partial charge on any atom is -0.392 e. The highest BCUT2D eigenvalue weighted by Gasteiger charge is 2.61. The summed E-state index contributed by atoms with van der Waals surface area (Å²) in [6.45, 7) is 14.0. The number of rotatable bonds is 8. The van der Waals surface area contributed by atoms with Crippen LogP contribution in [0.5, 0.6) is 0 Å². The molecule has 29 heavy (non-hydrogen) atoms. The molecule has 1 heterocycles. The van der Waals surface area contributed by atoms with Gasteiger partial charge in [0.1, 0.15) is 0 Å². The first-order valence-corrected chi connectivity index (χ1v) is 11.7. The summed E-state index contributed by atoms with van der Waals surface area (Å²) in [4.78, 5) is 4.92. The van der Waals surface area contributed by atoms with Crippen molar-refractivity contribution >= 4 is 0 Å². The Labute approximate surface area is 177 Å². The molecule has 1 saturated heterocycles. The number of nitrogens with zero attached hydrogens (tertiary/aromatic N) is 2. The lowest BCUT2D eigenvalue weighted by atomic mass is 9.70. The fourth-order valence-electron chi connectivity index (χ4n) is 6.09. The van der Waals surface area contributed by atoms with E-state index in [4.69, 9.17) is 4.74 Å². The number of ether oxygens (including phenoxy) is 1. The normalized spacial score (nSPS) is 33.2. The highest BCUT2D eigenvalue weighted by molar-refractivity contribution is 5.14. The van der Waals surface area contributed by atoms with E-state index in [0.29, 0.717) is 23.5 Å². The summed E-state index contributed by atoms with van der Waals surface area (Å²) in [5.74, 6) is 0.814. The quantitative estimate of drug-likeness (QED) is 0.720. The van der Waals surface area contributed by atoms with E-state index in [1.54, 1.807) is 0 Å². The average molecular weight is 401 g/mol. The van der Waals surface area contributed by atoms with Crippen LogP contribution in [0.1, 0.15) is 52.0 Å². The highest BCUT2D eigenvalue weighted by atomic mass is 16.5. The second-order valence-corrected chi connectivity index (χ2v) is 10.5. The second-order valence-electron chi connectivity index (χ2n) is 10.5. The summed E-state index contributed by atoms with van der Waals surface area (Å²) in [7, 11) is 0. The molecule has 4 heteroatoms. The van der Waals surface area contributed by atoms with Crippen LogP contribution < -0.4 is 0 Å². The van der Waals surface area contributed by atoms with E-state index < -0.39 is 0 Å². The maximum absolute atomic E-state index is 10.5. The van der Waals surface area contributed by atoms with E-state index in [2.05, 4.69) is 60.9 Å². The molecule has 4 rings (SSSR count). The average Bonchev–Trinajstić information content (AvgIpc) is 3.04. The van der Waals surface area contributed by atoms with Gasteiger partial charge in [-0.25, -0.2) is 0 Å². The Bertz CT molecular complexity index is 656. The van der Waals surface area contributed by atoms with Crippen molar-refractivity contribution < 1.29 is 9.84 Å². The Hall–Kier alpha value is -0.940. The van der Waals surface area contributed by atoms with Gasteiger partial charge >= 0.3 is 0 Å². The van der Waals surface area contributed by atoms with E-state index in [-0.39, 0.29) is 6.10 Å². The molecule has 4 atom stereocenters. The predicted molar refractivity (Wildman–Crippen MR) is 118 cm³/mol. The molecule has 2 bridgehead atoms. The summed E-state index contributed by atoms with van der Waals surface area (Å²) in [5, 5.41) is 10.5. The lowest BCUT2D eigenvalue weighted by molar-refractivity contribution is -0.0570. The van der Waals surface area contributed by atoms with E-state index in [1.807, 2.05) is 0 Å². The summed E-state index contributed by atoms with van der Waals surface area (Å²) < 4.78 is 6.33. The molecule has 4 nitrogen and oxygen atoms in total. The number of fused-ring (bicyclic) bond motifs is 2. The van der Waals surface area contributed by atoms with Gasteiger partial charge in [0, 0.05) is 45.9 Å². The zero-order valence-corrected chi connectivity index (χ0v) is 18.6. The molecule has 1 aromatic rings. The SMILES string of the molecule is CC1(C)[C@H]2CC[C@@]1(C)[C@H](OCC[C@H](O)CN1CCN(Cc3ccccc3)CC1)C2. The number of β-amino-alcohol motifs (C(OH)–C–C–N with tert-alkyl or cyclic N) is 1. The van der Waals surface area contributed by atoms with Crippen molar-refractivity contribution in [1.29, 1.82) is 0 Å². The van der Waals surface area contributed by atoms with Gasteiger partial charge in [-0.05, 0) is 48.0 Å². The van der Waals surface area contributed by atoms with E-state index >= 15 is 0 Å². The van der Waals surface area contributed by atoms with Crippen LogP contribution in [0.4, 0.5) is 0 Å². The number of piperazine rings is 1. The van der Waals surface area contributed by atoms with Crippen LogP contribution in [0, 0.1) is 16.7 Å². The highest BCUT2D eigenvalue weighted by Crippen LogP contribution is 2.66. The molecule has 0 amide bonds. The Morgan fingerprint density at radius 1 is 1.07 bits per heavy atom. The van der Waals surface area contributed by atoms with Gasteiger partial charge in [-0.1, -0.05) is 51.1 Å². The van der Waals surface area contributed by atoms with Gasteiger partial charge in [-0.15, -0.1) is 0 Å². The van der Waals surface area contributed by atoms with Crippen LogP contribution in [0.3, 0.4) is 0 Å². The van der Waals surface area contributed by atoms with Crippen molar-refractivity contribution in [2.75, 3.05) is 39.3 Å².